The number of benzene rings is 2. The van der Waals surface area contributed by atoms with Crippen molar-refractivity contribution >= 4 is 38.6 Å². The quantitative estimate of drug-likeness (QED) is 0.479. The van der Waals surface area contributed by atoms with Crippen LogP contribution in [0.4, 0.5) is 0 Å². The van der Waals surface area contributed by atoms with E-state index in [1.165, 1.54) is 10.6 Å². The highest BCUT2D eigenvalue weighted by atomic mass is 79.9. The van der Waals surface area contributed by atoms with E-state index in [1.54, 1.807) is 0 Å². The molecule has 0 aliphatic carbocycles. The molecular weight excluding hydrogens is 408 g/mol. The normalized spacial score (nSPS) is 11.6. The fourth-order valence-electron chi connectivity index (χ4n) is 3.19. The van der Waals surface area contributed by atoms with Crippen LogP contribution in [-0.4, -0.2) is 27.7 Å². The number of rotatable bonds is 7. The SMILES string of the molecule is CCN(CC)Cc1c(O)c(Br)cc2c1cc(CSc1ccccc1)n2C. The first-order valence-corrected chi connectivity index (χ1v) is 10.7. The summed E-state index contributed by atoms with van der Waals surface area (Å²) in [5.74, 6) is 1.26. The maximum absolute atomic E-state index is 10.7. The molecule has 0 aliphatic rings. The molecule has 0 fully saturated rings. The van der Waals surface area contributed by atoms with E-state index in [0.29, 0.717) is 5.75 Å². The minimum Gasteiger partial charge on any atom is -0.506 e. The van der Waals surface area contributed by atoms with E-state index < -0.39 is 0 Å². The second-order valence-electron chi connectivity index (χ2n) is 6.38. The number of halogens is 1. The van der Waals surface area contributed by atoms with Crippen LogP contribution in [0.1, 0.15) is 25.1 Å². The number of hydrogen-bond acceptors (Lipinski definition) is 3. The Morgan fingerprint density at radius 3 is 2.46 bits per heavy atom. The molecule has 1 N–H and O–H groups in total. The van der Waals surface area contributed by atoms with E-state index in [9.17, 15) is 5.11 Å². The van der Waals surface area contributed by atoms with Crippen LogP contribution in [0, 0.1) is 0 Å². The molecule has 1 heterocycles. The lowest BCUT2D eigenvalue weighted by Crippen LogP contribution is -2.22. The molecular formula is C21H25BrN2OS. The summed E-state index contributed by atoms with van der Waals surface area (Å²) in [7, 11) is 2.11. The number of aryl methyl sites for hydroxylation is 1. The summed E-state index contributed by atoms with van der Waals surface area (Å²) in [5, 5.41) is 11.8. The molecule has 0 aliphatic heterocycles. The van der Waals surface area contributed by atoms with Gasteiger partial charge in [-0.05, 0) is 53.3 Å². The molecule has 1 aromatic heterocycles. The summed E-state index contributed by atoms with van der Waals surface area (Å²) in [5.41, 5.74) is 3.41. The van der Waals surface area contributed by atoms with Crippen LogP contribution in [-0.2, 0) is 19.3 Å². The first kappa shape index (κ1) is 19.3. The Labute approximate surface area is 168 Å². The molecule has 0 saturated carbocycles. The highest BCUT2D eigenvalue weighted by Crippen LogP contribution is 2.38. The lowest BCUT2D eigenvalue weighted by molar-refractivity contribution is 0.292. The monoisotopic (exact) mass is 432 g/mol. The van der Waals surface area contributed by atoms with E-state index in [1.807, 2.05) is 23.9 Å². The smallest absolute Gasteiger partial charge is 0.135 e. The molecule has 26 heavy (non-hydrogen) atoms. The molecule has 3 rings (SSSR count). The highest BCUT2D eigenvalue weighted by Gasteiger charge is 2.17. The topological polar surface area (TPSA) is 28.4 Å². The number of thioether (sulfide) groups is 1. The summed E-state index contributed by atoms with van der Waals surface area (Å²) < 4.78 is 3.00. The van der Waals surface area contributed by atoms with Crippen molar-refractivity contribution in [2.45, 2.75) is 31.0 Å². The van der Waals surface area contributed by atoms with Crippen molar-refractivity contribution in [2.24, 2.45) is 7.05 Å². The van der Waals surface area contributed by atoms with Crippen LogP contribution < -0.4 is 0 Å². The average molecular weight is 433 g/mol. The Bertz CT molecular complexity index is 888. The van der Waals surface area contributed by atoms with Crippen LogP contribution in [0.15, 0.2) is 51.8 Å². The third-order valence-electron chi connectivity index (χ3n) is 4.89. The zero-order valence-corrected chi connectivity index (χ0v) is 17.9. The molecule has 0 saturated heterocycles. The van der Waals surface area contributed by atoms with E-state index in [0.717, 1.165) is 46.3 Å². The van der Waals surface area contributed by atoms with Crippen LogP contribution in [0.3, 0.4) is 0 Å². The van der Waals surface area contributed by atoms with Gasteiger partial charge < -0.3 is 9.67 Å². The standard InChI is InChI=1S/C21H25BrN2OS/c1-4-24(5-2)13-18-17-11-15(14-26-16-9-7-6-8-10-16)23(3)20(17)12-19(22)21(18)25/h6-12,25H,4-5,13-14H2,1-3H3. The van der Waals surface area contributed by atoms with Crippen molar-refractivity contribution < 1.29 is 5.11 Å². The van der Waals surface area contributed by atoms with Crippen molar-refractivity contribution in [2.75, 3.05) is 13.1 Å². The third kappa shape index (κ3) is 3.95. The highest BCUT2D eigenvalue weighted by molar-refractivity contribution is 9.10. The molecule has 2 aromatic carbocycles. The summed E-state index contributed by atoms with van der Waals surface area (Å²) in [6.45, 7) is 7.00. The zero-order chi connectivity index (χ0) is 18.7. The number of aromatic nitrogens is 1. The molecule has 5 heteroatoms. The first-order chi connectivity index (χ1) is 12.5. The number of hydrogen-bond donors (Lipinski definition) is 1. The Morgan fingerprint density at radius 1 is 1.12 bits per heavy atom. The van der Waals surface area contributed by atoms with E-state index in [2.05, 4.69) is 76.6 Å². The molecule has 0 bridgehead atoms. The van der Waals surface area contributed by atoms with Crippen molar-refractivity contribution in [1.29, 1.82) is 0 Å². The summed E-state index contributed by atoms with van der Waals surface area (Å²) in [4.78, 5) is 3.59. The van der Waals surface area contributed by atoms with Crippen LogP contribution in [0.25, 0.3) is 10.9 Å². The van der Waals surface area contributed by atoms with E-state index >= 15 is 0 Å². The molecule has 3 nitrogen and oxygen atoms in total. The van der Waals surface area contributed by atoms with Crippen molar-refractivity contribution in [3.05, 3.63) is 58.2 Å². The molecule has 3 aromatic rings. The zero-order valence-electron chi connectivity index (χ0n) is 15.5. The van der Waals surface area contributed by atoms with Gasteiger partial charge in [-0.1, -0.05) is 32.0 Å². The number of phenolic OH excluding ortho intramolecular Hbond substituents is 1. The maximum atomic E-state index is 10.7. The van der Waals surface area contributed by atoms with Gasteiger partial charge in [-0.2, -0.15) is 0 Å². The van der Waals surface area contributed by atoms with Gasteiger partial charge in [0.05, 0.1) is 4.47 Å². The van der Waals surface area contributed by atoms with Crippen LogP contribution in [0.5, 0.6) is 5.75 Å². The minimum absolute atomic E-state index is 0.359. The lowest BCUT2D eigenvalue weighted by Gasteiger charge is -2.20. The Morgan fingerprint density at radius 2 is 1.81 bits per heavy atom. The fraction of sp³-hybridized carbons (Fsp3) is 0.333. The molecule has 0 atom stereocenters. The molecule has 0 unspecified atom stereocenters. The Balaban J connectivity index is 1.98. The van der Waals surface area contributed by atoms with E-state index in [-0.39, 0.29) is 0 Å². The number of phenols is 1. The van der Waals surface area contributed by atoms with Crippen molar-refractivity contribution in [3.8, 4) is 5.75 Å². The summed E-state index contributed by atoms with van der Waals surface area (Å²) in [6, 6.07) is 14.7. The molecule has 0 radical (unpaired) electrons. The van der Waals surface area contributed by atoms with Gasteiger partial charge in [0.1, 0.15) is 5.75 Å². The lowest BCUT2D eigenvalue weighted by atomic mass is 10.1. The Hall–Kier alpha value is -1.43. The van der Waals surface area contributed by atoms with Crippen LogP contribution >= 0.6 is 27.7 Å². The predicted octanol–water partition coefficient (Wildman–Crippen LogP) is 5.78. The van der Waals surface area contributed by atoms with Crippen molar-refractivity contribution in [3.63, 3.8) is 0 Å². The number of nitrogens with zero attached hydrogens (tertiary/aromatic N) is 2. The number of fused-ring (bicyclic) bond motifs is 1. The largest absolute Gasteiger partial charge is 0.506 e. The van der Waals surface area contributed by atoms with Gasteiger partial charge in [0.15, 0.2) is 0 Å². The minimum atomic E-state index is 0.359. The maximum Gasteiger partial charge on any atom is 0.135 e. The van der Waals surface area contributed by atoms with E-state index in [4.69, 9.17) is 0 Å². The summed E-state index contributed by atoms with van der Waals surface area (Å²) >= 11 is 5.37. The molecule has 0 amide bonds. The second kappa shape index (κ2) is 8.51. The van der Waals surface area contributed by atoms with Gasteiger partial charge in [0.2, 0.25) is 0 Å². The molecule has 0 spiro atoms. The third-order valence-corrected chi connectivity index (χ3v) is 6.54. The fourth-order valence-corrected chi connectivity index (χ4v) is 4.59. The predicted molar refractivity (Wildman–Crippen MR) is 115 cm³/mol. The van der Waals surface area contributed by atoms with Gasteiger partial charge in [-0.3, -0.25) is 4.90 Å². The summed E-state index contributed by atoms with van der Waals surface area (Å²) in [6.07, 6.45) is 0. The van der Waals surface area contributed by atoms with Crippen LogP contribution in [0.2, 0.25) is 0 Å². The van der Waals surface area contributed by atoms with Gasteiger partial charge in [-0.15, -0.1) is 11.8 Å². The average Bonchev–Trinajstić information content (AvgIpc) is 2.97. The second-order valence-corrected chi connectivity index (χ2v) is 8.28. The van der Waals surface area contributed by atoms with Gasteiger partial charge in [-0.25, -0.2) is 0 Å². The van der Waals surface area contributed by atoms with Gasteiger partial charge in [0.25, 0.3) is 0 Å². The molecule has 138 valence electrons. The van der Waals surface area contributed by atoms with Gasteiger partial charge >= 0.3 is 0 Å². The van der Waals surface area contributed by atoms with Gasteiger partial charge in [0, 0.05) is 46.4 Å². The Kier molecular flexibility index (Phi) is 6.33. The first-order valence-electron chi connectivity index (χ1n) is 8.94. The van der Waals surface area contributed by atoms with Crippen molar-refractivity contribution in [1.82, 2.24) is 9.47 Å². The number of aromatic hydroxyl groups is 1.